The zero-order valence-electron chi connectivity index (χ0n) is 10.8. The van der Waals surface area contributed by atoms with Crippen molar-refractivity contribution in [3.8, 4) is 0 Å². The van der Waals surface area contributed by atoms with Crippen LogP contribution in [0, 0.1) is 15.9 Å². The monoisotopic (exact) mass is 269 g/mol. The van der Waals surface area contributed by atoms with E-state index in [4.69, 9.17) is 0 Å². The zero-order valence-corrected chi connectivity index (χ0v) is 10.8. The minimum atomic E-state index is -0.901. The van der Waals surface area contributed by atoms with Gasteiger partial charge in [0.05, 0.1) is 4.92 Å². The Morgan fingerprint density at radius 2 is 2.16 bits per heavy atom. The van der Waals surface area contributed by atoms with Crippen LogP contribution in [0.3, 0.4) is 0 Å². The zero-order chi connectivity index (χ0) is 14.4. The number of carbonyl (C=O) groups is 1. The lowest BCUT2D eigenvalue weighted by atomic mass is 10.2. The van der Waals surface area contributed by atoms with E-state index in [0.717, 1.165) is 6.07 Å². The molecule has 0 aliphatic heterocycles. The molecular formula is C12H16FN3O3. The number of para-hydroxylation sites is 1. The molecule has 6 nitrogen and oxygen atoms in total. The smallest absolute Gasteiger partial charge is 0.327 e. The largest absolute Gasteiger partial charge is 0.379 e. The van der Waals surface area contributed by atoms with Crippen LogP contribution >= 0.6 is 0 Å². The van der Waals surface area contributed by atoms with Crippen molar-refractivity contribution in [1.82, 2.24) is 5.32 Å². The predicted octanol–water partition coefficient (Wildman–Crippen LogP) is 2.06. The molecule has 0 heterocycles. The van der Waals surface area contributed by atoms with E-state index in [9.17, 15) is 19.3 Å². The Morgan fingerprint density at radius 1 is 1.47 bits per heavy atom. The number of nitrogens with one attached hydrogen (secondary N) is 2. The van der Waals surface area contributed by atoms with E-state index in [0.29, 0.717) is 0 Å². The van der Waals surface area contributed by atoms with Gasteiger partial charge in [-0.05, 0) is 26.0 Å². The number of nitro benzene ring substituents is 1. The number of nitro groups is 1. The molecule has 0 atom stereocenters. The van der Waals surface area contributed by atoms with Gasteiger partial charge in [0.1, 0.15) is 5.69 Å². The highest BCUT2D eigenvalue weighted by molar-refractivity contribution is 5.77. The summed E-state index contributed by atoms with van der Waals surface area (Å²) in [6, 6.07) is 3.84. The molecule has 0 spiro atoms. The molecule has 0 aliphatic carbocycles. The number of hydrogen-bond acceptors (Lipinski definition) is 4. The second-order valence-corrected chi connectivity index (χ2v) is 4.29. The Balaban J connectivity index is 2.61. The van der Waals surface area contributed by atoms with E-state index in [1.807, 2.05) is 13.8 Å². The van der Waals surface area contributed by atoms with Crippen molar-refractivity contribution in [3.63, 3.8) is 0 Å². The maximum Gasteiger partial charge on any atom is 0.327 e. The Kier molecular flexibility index (Phi) is 5.23. The molecule has 0 saturated heterocycles. The molecule has 2 N–H and O–H groups in total. The molecule has 0 radical (unpaired) electrons. The second-order valence-electron chi connectivity index (χ2n) is 4.29. The molecule has 1 aromatic rings. The van der Waals surface area contributed by atoms with Crippen LogP contribution < -0.4 is 10.6 Å². The number of carbonyl (C=O) groups excluding carboxylic acids is 1. The molecule has 1 amide bonds. The summed E-state index contributed by atoms with van der Waals surface area (Å²) >= 11 is 0. The number of halogens is 1. The Morgan fingerprint density at radius 3 is 2.74 bits per heavy atom. The Bertz CT molecular complexity index is 477. The van der Waals surface area contributed by atoms with Crippen LogP contribution in [0.4, 0.5) is 15.8 Å². The Labute approximate surface area is 110 Å². The molecule has 0 fully saturated rings. The van der Waals surface area contributed by atoms with Gasteiger partial charge in [-0.2, -0.15) is 4.39 Å². The highest BCUT2D eigenvalue weighted by Gasteiger charge is 2.19. The van der Waals surface area contributed by atoms with Gasteiger partial charge in [0.2, 0.25) is 11.7 Å². The standard InChI is InChI=1S/C12H16FN3O3/c1-8(2)15-11(17)6-7-14-10-5-3-4-9(13)12(10)16(18)19/h3-5,8,14H,6-7H2,1-2H3,(H,15,17). The summed E-state index contributed by atoms with van der Waals surface area (Å²) < 4.78 is 13.3. The first-order valence-corrected chi connectivity index (χ1v) is 5.88. The molecule has 0 unspecified atom stereocenters. The van der Waals surface area contributed by atoms with Crippen molar-refractivity contribution < 1.29 is 14.1 Å². The van der Waals surface area contributed by atoms with Crippen molar-refractivity contribution in [2.24, 2.45) is 0 Å². The van der Waals surface area contributed by atoms with E-state index in [1.165, 1.54) is 12.1 Å². The van der Waals surface area contributed by atoms with Crippen LogP contribution in [0.1, 0.15) is 20.3 Å². The minimum Gasteiger partial charge on any atom is -0.379 e. The molecule has 19 heavy (non-hydrogen) atoms. The van der Waals surface area contributed by atoms with E-state index >= 15 is 0 Å². The summed E-state index contributed by atoms with van der Waals surface area (Å²) in [7, 11) is 0. The van der Waals surface area contributed by atoms with Crippen LogP contribution in [0.5, 0.6) is 0 Å². The van der Waals surface area contributed by atoms with Gasteiger partial charge in [0, 0.05) is 19.0 Å². The maximum atomic E-state index is 13.3. The maximum absolute atomic E-state index is 13.3. The summed E-state index contributed by atoms with van der Waals surface area (Å²) in [5.41, 5.74) is -0.533. The highest BCUT2D eigenvalue weighted by Crippen LogP contribution is 2.26. The fraction of sp³-hybridized carbons (Fsp3) is 0.417. The van der Waals surface area contributed by atoms with Gasteiger partial charge < -0.3 is 10.6 Å². The summed E-state index contributed by atoms with van der Waals surface area (Å²) in [5, 5.41) is 16.1. The topological polar surface area (TPSA) is 84.3 Å². The molecule has 0 saturated carbocycles. The van der Waals surface area contributed by atoms with Crippen LogP contribution in [0.15, 0.2) is 18.2 Å². The number of benzene rings is 1. The van der Waals surface area contributed by atoms with Gasteiger partial charge in [-0.15, -0.1) is 0 Å². The number of anilines is 1. The fourth-order valence-corrected chi connectivity index (χ4v) is 1.55. The van der Waals surface area contributed by atoms with Crippen LogP contribution in [0.25, 0.3) is 0 Å². The average Bonchev–Trinajstić information content (AvgIpc) is 2.27. The van der Waals surface area contributed by atoms with Gasteiger partial charge in [0.25, 0.3) is 0 Å². The fourth-order valence-electron chi connectivity index (χ4n) is 1.55. The molecule has 0 aliphatic rings. The van der Waals surface area contributed by atoms with Crippen molar-refractivity contribution >= 4 is 17.3 Å². The third kappa shape index (κ3) is 4.53. The third-order valence-electron chi connectivity index (χ3n) is 2.29. The summed E-state index contributed by atoms with van der Waals surface area (Å²) in [5.74, 6) is -1.07. The lowest BCUT2D eigenvalue weighted by molar-refractivity contribution is -0.386. The molecule has 1 rings (SSSR count). The summed E-state index contributed by atoms with van der Waals surface area (Å²) in [4.78, 5) is 21.3. The first-order valence-electron chi connectivity index (χ1n) is 5.88. The van der Waals surface area contributed by atoms with Crippen LogP contribution in [-0.4, -0.2) is 23.4 Å². The lowest BCUT2D eigenvalue weighted by Gasteiger charge is -2.09. The SMILES string of the molecule is CC(C)NC(=O)CCNc1cccc(F)c1[N+](=O)[O-]. The van der Waals surface area contributed by atoms with Crippen molar-refractivity contribution in [2.45, 2.75) is 26.3 Å². The van der Waals surface area contributed by atoms with E-state index in [1.54, 1.807) is 0 Å². The molecular weight excluding hydrogens is 253 g/mol. The minimum absolute atomic E-state index is 0.0380. The molecule has 0 aromatic heterocycles. The summed E-state index contributed by atoms with van der Waals surface area (Å²) in [6.07, 6.45) is 0.159. The molecule has 1 aromatic carbocycles. The number of rotatable bonds is 6. The normalized spacial score (nSPS) is 10.3. The van der Waals surface area contributed by atoms with Crippen molar-refractivity contribution in [1.29, 1.82) is 0 Å². The molecule has 104 valence electrons. The number of hydrogen-bond donors (Lipinski definition) is 2. The average molecular weight is 269 g/mol. The second kappa shape index (κ2) is 6.67. The van der Waals surface area contributed by atoms with Crippen molar-refractivity contribution in [3.05, 3.63) is 34.1 Å². The quantitative estimate of drug-likeness (QED) is 0.611. The first kappa shape index (κ1) is 14.9. The van der Waals surface area contributed by atoms with Crippen molar-refractivity contribution in [2.75, 3.05) is 11.9 Å². The lowest BCUT2D eigenvalue weighted by Crippen LogP contribution is -2.31. The Hall–Kier alpha value is -2.18. The van der Waals surface area contributed by atoms with Gasteiger partial charge in [0.15, 0.2) is 0 Å². The molecule has 0 bridgehead atoms. The van der Waals surface area contributed by atoms with E-state index in [2.05, 4.69) is 10.6 Å². The van der Waals surface area contributed by atoms with Gasteiger partial charge in [-0.25, -0.2) is 0 Å². The van der Waals surface area contributed by atoms with Crippen LogP contribution in [-0.2, 0) is 4.79 Å². The van der Waals surface area contributed by atoms with Gasteiger partial charge in [-0.1, -0.05) is 6.07 Å². The first-order chi connectivity index (χ1) is 8.91. The summed E-state index contributed by atoms with van der Waals surface area (Å²) in [6.45, 7) is 3.87. The van der Waals surface area contributed by atoms with Gasteiger partial charge >= 0.3 is 5.69 Å². The van der Waals surface area contributed by atoms with E-state index < -0.39 is 16.4 Å². The van der Waals surface area contributed by atoms with Gasteiger partial charge in [-0.3, -0.25) is 14.9 Å². The number of nitrogens with zero attached hydrogens (tertiary/aromatic N) is 1. The predicted molar refractivity (Wildman–Crippen MR) is 69.4 cm³/mol. The van der Waals surface area contributed by atoms with E-state index in [-0.39, 0.29) is 30.6 Å². The van der Waals surface area contributed by atoms with Crippen LogP contribution in [0.2, 0.25) is 0 Å². The number of amides is 1. The molecule has 7 heteroatoms. The highest BCUT2D eigenvalue weighted by atomic mass is 19.1. The third-order valence-corrected chi connectivity index (χ3v) is 2.29.